The number of hydrogen-bond donors (Lipinski definition) is 0. The molecule has 1 unspecified atom stereocenters. The summed E-state index contributed by atoms with van der Waals surface area (Å²) in [6.45, 7) is 0. The highest BCUT2D eigenvalue weighted by molar-refractivity contribution is 7.26. The summed E-state index contributed by atoms with van der Waals surface area (Å²) in [7, 11) is 0. The van der Waals surface area contributed by atoms with Crippen LogP contribution in [0.3, 0.4) is 0 Å². The predicted octanol–water partition coefficient (Wildman–Crippen LogP) is 18.7. The van der Waals surface area contributed by atoms with E-state index in [9.17, 15) is 0 Å². The van der Waals surface area contributed by atoms with Crippen molar-refractivity contribution >= 4 is 95.7 Å². The maximum absolute atomic E-state index is 2.49. The summed E-state index contributed by atoms with van der Waals surface area (Å²) < 4.78 is 5.24. The molecule has 2 heteroatoms. The third kappa shape index (κ3) is 6.18. The molecule has 10 aromatic carbocycles. The van der Waals surface area contributed by atoms with Gasteiger partial charge in [-0.15, -0.1) is 22.7 Å². The third-order valence-corrected chi connectivity index (χ3v) is 16.4. The quantitative estimate of drug-likeness (QED) is 0.151. The molecule has 0 N–H and O–H groups in total. The molecule has 0 radical (unpaired) electrons. The SMILES string of the molecule is C1=CC2=C(c3ccccc3)c3ccccc3C(c3ccc4c(c3)sc3ccc(-c5c6ccccc6c(-c6ccc7sc8ccc(-c9ccccc9)cc8c7c6)c6ccccc56)cc34)=CC2C=C1. The van der Waals surface area contributed by atoms with Gasteiger partial charge in [0.25, 0.3) is 0 Å². The van der Waals surface area contributed by atoms with Gasteiger partial charge in [0.05, 0.1) is 0 Å². The third-order valence-electron chi connectivity index (χ3n) is 14.1. The summed E-state index contributed by atoms with van der Waals surface area (Å²) in [6.07, 6.45) is 11.5. The van der Waals surface area contributed by atoms with Crippen LogP contribution < -0.4 is 0 Å². The van der Waals surface area contributed by atoms with Gasteiger partial charge in [0.2, 0.25) is 0 Å². The van der Waals surface area contributed by atoms with E-state index in [0.717, 1.165) is 0 Å². The average Bonchev–Trinajstić information content (AvgIpc) is 3.90. The van der Waals surface area contributed by atoms with Crippen LogP contribution in [0.2, 0.25) is 0 Å². The van der Waals surface area contributed by atoms with Crippen molar-refractivity contribution in [3.05, 3.63) is 264 Å². The molecule has 67 heavy (non-hydrogen) atoms. The first-order valence-electron chi connectivity index (χ1n) is 23.1. The standard InChI is InChI=1S/C65H40S2/c1-3-15-40(16-4-1)42-28-32-60-57(35-42)58-38-46(30-34-61(58)66-60)65-53-25-13-11-23-51(53)64(52-24-12-14-26-54(52)65)45-29-33-59-56(37-45)49-31-27-44(39-62(49)67-59)55-36-43-19-7-8-20-47(43)63(41-17-5-2-6-18-41)50-22-10-9-21-48(50)55/h1-39,43H. The Bertz CT molecular complexity index is 4080. The fourth-order valence-corrected chi connectivity index (χ4v) is 13.3. The van der Waals surface area contributed by atoms with Gasteiger partial charge in [0.15, 0.2) is 0 Å². The normalized spacial score (nSPS) is 14.6. The molecule has 0 spiro atoms. The van der Waals surface area contributed by atoms with E-state index in [1.54, 1.807) is 0 Å². The van der Waals surface area contributed by atoms with Crippen molar-refractivity contribution in [2.75, 3.05) is 0 Å². The Morgan fingerprint density at radius 1 is 0.313 bits per heavy atom. The highest BCUT2D eigenvalue weighted by atomic mass is 32.1. The molecule has 0 fully saturated rings. The molecule has 0 aliphatic heterocycles. The lowest BCUT2D eigenvalue weighted by atomic mass is 9.85. The second-order valence-electron chi connectivity index (χ2n) is 17.8. The van der Waals surface area contributed by atoms with E-state index in [0.29, 0.717) is 0 Å². The van der Waals surface area contributed by atoms with Crippen molar-refractivity contribution in [1.82, 2.24) is 0 Å². The molecule has 2 aliphatic carbocycles. The second kappa shape index (κ2) is 15.4. The molecular weight excluding hydrogens is 845 g/mol. The summed E-state index contributed by atoms with van der Waals surface area (Å²) in [5.41, 5.74) is 16.6. The summed E-state index contributed by atoms with van der Waals surface area (Å²) in [4.78, 5) is 0. The maximum Gasteiger partial charge on any atom is 0.0361 e. The van der Waals surface area contributed by atoms with Gasteiger partial charge in [-0.3, -0.25) is 0 Å². The van der Waals surface area contributed by atoms with Crippen molar-refractivity contribution in [1.29, 1.82) is 0 Å². The number of benzene rings is 10. The Balaban J connectivity index is 0.904. The number of fused-ring (bicyclic) bond motifs is 10. The first-order chi connectivity index (χ1) is 33.2. The van der Waals surface area contributed by atoms with Crippen LogP contribution in [0.25, 0.3) is 106 Å². The van der Waals surface area contributed by atoms with E-state index < -0.39 is 0 Å². The lowest BCUT2D eigenvalue weighted by Gasteiger charge is -2.18. The zero-order valence-electron chi connectivity index (χ0n) is 36.4. The molecule has 14 rings (SSSR count). The summed E-state index contributed by atoms with van der Waals surface area (Å²) in [5, 5.41) is 10.3. The molecule has 2 aliphatic rings. The molecule has 2 aromatic heterocycles. The van der Waals surface area contributed by atoms with Crippen molar-refractivity contribution in [2.45, 2.75) is 0 Å². The fraction of sp³-hybridized carbons (Fsp3) is 0.0154. The summed E-state index contributed by atoms with van der Waals surface area (Å²) >= 11 is 3.78. The molecule has 312 valence electrons. The molecule has 0 saturated heterocycles. The van der Waals surface area contributed by atoms with Crippen LogP contribution in [0.4, 0.5) is 0 Å². The van der Waals surface area contributed by atoms with Crippen LogP contribution in [-0.4, -0.2) is 0 Å². The molecule has 2 heterocycles. The van der Waals surface area contributed by atoms with E-state index in [2.05, 4.69) is 237 Å². The topological polar surface area (TPSA) is 0 Å². The van der Waals surface area contributed by atoms with Gasteiger partial charge >= 0.3 is 0 Å². The van der Waals surface area contributed by atoms with Gasteiger partial charge in [0, 0.05) is 46.3 Å². The summed E-state index contributed by atoms with van der Waals surface area (Å²) in [6, 6.07) is 77.1. The molecule has 0 nitrogen and oxygen atoms in total. The van der Waals surface area contributed by atoms with Gasteiger partial charge in [-0.25, -0.2) is 0 Å². The van der Waals surface area contributed by atoms with Gasteiger partial charge in [-0.05, 0) is 136 Å². The van der Waals surface area contributed by atoms with Crippen LogP contribution in [0.1, 0.15) is 22.3 Å². The number of rotatable bonds is 5. The van der Waals surface area contributed by atoms with Crippen LogP contribution in [-0.2, 0) is 0 Å². The highest BCUT2D eigenvalue weighted by Crippen LogP contribution is 2.48. The molecule has 0 amide bonds. The van der Waals surface area contributed by atoms with Crippen molar-refractivity contribution in [3.8, 4) is 33.4 Å². The van der Waals surface area contributed by atoms with Crippen molar-refractivity contribution in [3.63, 3.8) is 0 Å². The Morgan fingerprint density at radius 2 is 0.806 bits per heavy atom. The van der Waals surface area contributed by atoms with Gasteiger partial charge in [-0.1, -0.05) is 194 Å². The Hall–Kier alpha value is -7.88. The second-order valence-corrected chi connectivity index (χ2v) is 20.0. The van der Waals surface area contributed by atoms with E-state index in [4.69, 9.17) is 0 Å². The number of thiophene rings is 2. The first kappa shape index (κ1) is 38.4. The molecule has 12 aromatic rings. The highest BCUT2D eigenvalue weighted by Gasteiger charge is 2.26. The largest absolute Gasteiger partial charge is 0.135 e. The molecule has 0 saturated carbocycles. The van der Waals surface area contributed by atoms with E-state index in [1.807, 2.05) is 22.7 Å². The minimum atomic E-state index is 0.172. The lowest BCUT2D eigenvalue weighted by molar-refractivity contribution is 1.00. The van der Waals surface area contributed by atoms with Crippen LogP contribution in [0.15, 0.2) is 242 Å². The molecule has 1 atom stereocenters. The molecular formula is C65H40S2. The van der Waals surface area contributed by atoms with Crippen molar-refractivity contribution in [2.24, 2.45) is 5.92 Å². The van der Waals surface area contributed by atoms with Crippen LogP contribution in [0.5, 0.6) is 0 Å². The minimum absolute atomic E-state index is 0.172. The van der Waals surface area contributed by atoms with Crippen LogP contribution in [0, 0.1) is 5.92 Å². The van der Waals surface area contributed by atoms with E-state index >= 15 is 0 Å². The smallest absolute Gasteiger partial charge is 0.0361 e. The van der Waals surface area contributed by atoms with E-state index in [1.165, 1.54) is 134 Å². The van der Waals surface area contributed by atoms with Gasteiger partial charge < -0.3 is 0 Å². The predicted molar refractivity (Wildman–Crippen MR) is 291 cm³/mol. The maximum atomic E-state index is 2.49. The average molecular weight is 885 g/mol. The van der Waals surface area contributed by atoms with Gasteiger partial charge in [-0.2, -0.15) is 0 Å². The minimum Gasteiger partial charge on any atom is -0.135 e. The zero-order valence-corrected chi connectivity index (χ0v) is 38.0. The van der Waals surface area contributed by atoms with Gasteiger partial charge in [0.1, 0.15) is 0 Å². The lowest BCUT2D eigenvalue weighted by Crippen LogP contribution is -2.02. The van der Waals surface area contributed by atoms with Crippen LogP contribution >= 0.6 is 22.7 Å². The number of allylic oxidation sites excluding steroid dienone is 6. The summed E-state index contributed by atoms with van der Waals surface area (Å²) in [5.74, 6) is 0.172. The monoisotopic (exact) mass is 884 g/mol. The Labute approximate surface area is 397 Å². The van der Waals surface area contributed by atoms with Crippen molar-refractivity contribution < 1.29 is 0 Å². The first-order valence-corrected chi connectivity index (χ1v) is 24.7. The van der Waals surface area contributed by atoms with E-state index in [-0.39, 0.29) is 5.92 Å². The fourth-order valence-electron chi connectivity index (χ4n) is 11.1. The zero-order chi connectivity index (χ0) is 44.0. The Kier molecular flexibility index (Phi) is 8.80. The molecule has 0 bridgehead atoms. The Morgan fingerprint density at radius 3 is 1.43 bits per heavy atom. The number of hydrogen-bond acceptors (Lipinski definition) is 2.